The third kappa shape index (κ3) is 1.60. The van der Waals surface area contributed by atoms with E-state index in [1.807, 2.05) is 13.8 Å². The lowest BCUT2D eigenvalue weighted by Gasteiger charge is -2.03. The van der Waals surface area contributed by atoms with Crippen LogP contribution in [-0.4, -0.2) is 15.9 Å². The highest BCUT2D eigenvalue weighted by atomic mass is 16.5. The van der Waals surface area contributed by atoms with Crippen LogP contribution in [0.3, 0.4) is 0 Å². The Morgan fingerprint density at radius 1 is 1.75 bits per heavy atom. The van der Waals surface area contributed by atoms with Crippen molar-refractivity contribution in [1.29, 1.82) is 0 Å². The van der Waals surface area contributed by atoms with Crippen molar-refractivity contribution in [2.45, 2.75) is 38.8 Å². The molecule has 0 unspecified atom stereocenters. The normalized spacial score (nSPS) is 18.1. The van der Waals surface area contributed by atoms with E-state index in [4.69, 9.17) is 6.11 Å². The summed E-state index contributed by atoms with van der Waals surface area (Å²) in [7, 11) is 0. The van der Waals surface area contributed by atoms with Gasteiger partial charge in [-0.1, -0.05) is 0 Å². The van der Waals surface area contributed by atoms with Gasteiger partial charge in [0.15, 0.2) is 0 Å². The van der Waals surface area contributed by atoms with Crippen LogP contribution >= 0.6 is 0 Å². The Hall–Kier alpha value is -0.990. The maximum absolute atomic E-state index is 7.60. The quantitative estimate of drug-likeness (QED) is 0.688. The van der Waals surface area contributed by atoms with Gasteiger partial charge in [-0.2, -0.15) is 0 Å². The predicted octanol–water partition coefficient (Wildman–Crippen LogP) is 2.01. The second-order valence-electron chi connectivity index (χ2n) is 3.47. The molecule has 66 valence electrons. The van der Waals surface area contributed by atoms with Crippen LogP contribution < -0.4 is 4.74 Å². The zero-order valence-corrected chi connectivity index (χ0v) is 7.45. The SMILES string of the molecule is [2H]c1cn(C(C)C)nc1OC1CC1. The van der Waals surface area contributed by atoms with Gasteiger partial charge >= 0.3 is 0 Å². The second kappa shape index (κ2) is 2.81. The molecule has 0 aromatic carbocycles. The number of rotatable bonds is 3. The molecular weight excluding hydrogens is 152 g/mol. The summed E-state index contributed by atoms with van der Waals surface area (Å²) in [6, 6.07) is 0.682. The maximum atomic E-state index is 7.60. The topological polar surface area (TPSA) is 27.1 Å². The van der Waals surface area contributed by atoms with Gasteiger partial charge in [0.1, 0.15) is 6.10 Å². The van der Waals surface area contributed by atoms with Gasteiger partial charge in [0.05, 0.1) is 1.37 Å². The summed E-state index contributed by atoms with van der Waals surface area (Å²) in [4.78, 5) is 0. The third-order valence-corrected chi connectivity index (χ3v) is 1.86. The summed E-state index contributed by atoms with van der Waals surface area (Å²) >= 11 is 0. The average Bonchev–Trinajstić information content (AvgIpc) is 2.78. The number of hydrogen-bond donors (Lipinski definition) is 0. The third-order valence-electron chi connectivity index (χ3n) is 1.86. The summed E-state index contributed by atoms with van der Waals surface area (Å²) in [6.07, 6.45) is 4.24. The lowest BCUT2D eigenvalue weighted by molar-refractivity contribution is 0.285. The van der Waals surface area contributed by atoms with Crippen LogP contribution in [0, 0.1) is 0 Å². The standard InChI is InChI=1S/C9H14N2O/c1-7(2)11-6-5-9(10-11)12-8-3-4-8/h5-8H,3-4H2,1-2H3/i5D. The molecule has 1 aliphatic rings. The van der Waals surface area contributed by atoms with Gasteiger partial charge in [0, 0.05) is 18.3 Å². The molecule has 1 aliphatic carbocycles. The molecule has 3 nitrogen and oxygen atoms in total. The number of nitrogens with zero attached hydrogens (tertiary/aromatic N) is 2. The van der Waals surface area contributed by atoms with Crippen molar-refractivity contribution in [1.82, 2.24) is 9.78 Å². The minimum atomic E-state index is 0.292. The highest BCUT2D eigenvalue weighted by Gasteiger charge is 2.24. The molecule has 2 rings (SSSR count). The summed E-state index contributed by atoms with van der Waals surface area (Å²) in [5, 5.41) is 4.20. The zero-order valence-electron chi connectivity index (χ0n) is 8.45. The minimum absolute atomic E-state index is 0.292. The molecule has 0 N–H and O–H groups in total. The van der Waals surface area contributed by atoms with Gasteiger partial charge in [0.2, 0.25) is 5.88 Å². The molecule has 0 radical (unpaired) electrons. The van der Waals surface area contributed by atoms with Gasteiger partial charge in [-0.15, -0.1) is 5.10 Å². The van der Waals surface area contributed by atoms with Crippen LogP contribution in [-0.2, 0) is 0 Å². The Labute approximate surface area is 73.7 Å². The molecule has 0 saturated heterocycles. The van der Waals surface area contributed by atoms with Crippen LogP contribution in [0.4, 0.5) is 0 Å². The van der Waals surface area contributed by atoms with Gasteiger partial charge in [0.25, 0.3) is 0 Å². The number of ether oxygens (including phenoxy) is 1. The predicted molar refractivity (Wildman–Crippen MR) is 46.3 cm³/mol. The molecule has 0 spiro atoms. The van der Waals surface area contributed by atoms with Gasteiger partial charge in [-0.05, 0) is 26.7 Å². The fourth-order valence-electron chi connectivity index (χ4n) is 0.950. The number of aromatic nitrogens is 2. The van der Waals surface area contributed by atoms with E-state index in [9.17, 15) is 0 Å². The van der Waals surface area contributed by atoms with E-state index in [1.54, 1.807) is 10.9 Å². The Morgan fingerprint density at radius 2 is 2.50 bits per heavy atom. The molecular formula is C9H14N2O. The highest BCUT2D eigenvalue weighted by molar-refractivity contribution is 5.07. The van der Waals surface area contributed by atoms with E-state index < -0.39 is 0 Å². The first-order chi connectivity index (χ1) is 6.16. The molecule has 0 aliphatic heterocycles. The maximum Gasteiger partial charge on any atom is 0.232 e. The van der Waals surface area contributed by atoms with Gasteiger partial charge < -0.3 is 4.74 Å². The van der Waals surface area contributed by atoms with Crippen LogP contribution in [0.5, 0.6) is 5.88 Å². The first-order valence-corrected chi connectivity index (χ1v) is 4.39. The van der Waals surface area contributed by atoms with Crippen molar-refractivity contribution in [3.05, 3.63) is 12.2 Å². The van der Waals surface area contributed by atoms with Crippen molar-refractivity contribution in [2.75, 3.05) is 0 Å². The van der Waals surface area contributed by atoms with E-state index in [0.29, 0.717) is 24.1 Å². The summed E-state index contributed by atoms with van der Waals surface area (Å²) in [6.45, 7) is 4.07. The highest BCUT2D eigenvalue weighted by Crippen LogP contribution is 2.25. The monoisotopic (exact) mass is 167 g/mol. The molecule has 0 bridgehead atoms. The van der Waals surface area contributed by atoms with Crippen LogP contribution in [0.2, 0.25) is 0 Å². The largest absolute Gasteiger partial charge is 0.473 e. The molecule has 0 atom stereocenters. The first-order valence-electron chi connectivity index (χ1n) is 4.89. The minimum Gasteiger partial charge on any atom is -0.473 e. The van der Waals surface area contributed by atoms with E-state index in [1.165, 1.54) is 0 Å². The summed E-state index contributed by atoms with van der Waals surface area (Å²) in [5.74, 6) is 0.483. The lowest BCUT2D eigenvalue weighted by atomic mass is 10.4. The van der Waals surface area contributed by atoms with Gasteiger partial charge in [-0.3, -0.25) is 4.68 Å². The summed E-state index contributed by atoms with van der Waals surface area (Å²) < 4.78 is 14.8. The molecule has 1 aromatic rings. The number of hydrogen-bond acceptors (Lipinski definition) is 2. The van der Waals surface area contributed by atoms with Crippen LogP contribution in [0.15, 0.2) is 12.2 Å². The van der Waals surface area contributed by atoms with Crippen molar-refractivity contribution in [3.8, 4) is 5.88 Å². The van der Waals surface area contributed by atoms with Crippen molar-refractivity contribution < 1.29 is 6.11 Å². The van der Waals surface area contributed by atoms with Crippen molar-refractivity contribution in [3.63, 3.8) is 0 Å². The molecule has 0 amide bonds. The molecule has 12 heavy (non-hydrogen) atoms. The molecule has 1 fully saturated rings. The molecule has 1 aromatic heterocycles. The second-order valence-corrected chi connectivity index (χ2v) is 3.47. The zero-order chi connectivity index (χ0) is 9.42. The lowest BCUT2D eigenvalue weighted by Crippen LogP contribution is -2.02. The molecule has 1 saturated carbocycles. The van der Waals surface area contributed by atoms with E-state index in [2.05, 4.69) is 5.10 Å². The van der Waals surface area contributed by atoms with Crippen molar-refractivity contribution in [2.24, 2.45) is 0 Å². The van der Waals surface area contributed by atoms with Crippen LogP contribution in [0.25, 0.3) is 0 Å². The van der Waals surface area contributed by atoms with Gasteiger partial charge in [-0.25, -0.2) is 0 Å². The first kappa shape index (κ1) is 6.52. The fraction of sp³-hybridized carbons (Fsp3) is 0.667. The van der Waals surface area contributed by atoms with E-state index in [0.717, 1.165) is 12.8 Å². The fourth-order valence-corrected chi connectivity index (χ4v) is 0.950. The Balaban J connectivity index is 2.14. The molecule has 1 heterocycles. The van der Waals surface area contributed by atoms with Crippen LogP contribution in [0.1, 0.15) is 34.1 Å². The Kier molecular flexibility index (Phi) is 1.53. The average molecular weight is 167 g/mol. The van der Waals surface area contributed by atoms with Crippen molar-refractivity contribution >= 4 is 0 Å². The Morgan fingerprint density at radius 3 is 3.00 bits per heavy atom. The Bertz CT molecular complexity index is 305. The molecule has 3 heteroatoms. The smallest absolute Gasteiger partial charge is 0.232 e. The summed E-state index contributed by atoms with van der Waals surface area (Å²) in [5.41, 5.74) is 0. The van der Waals surface area contributed by atoms with E-state index >= 15 is 0 Å². The van der Waals surface area contributed by atoms with E-state index in [-0.39, 0.29) is 0 Å².